The highest BCUT2D eigenvalue weighted by Crippen LogP contribution is 2.52. The number of carbonyl (C=O) groups is 2. The molecule has 3 aliphatic rings. The number of fused-ring (bicyclic) bond motifs is 2. The third-order valence-corrected chi connectivity index (χ3v) is 9.43. The molecule has 5 heteroatoms. The fraction of sp³-hybridized carbons (Fsp3) is 0.364. The van der Waals surface area contributed by atoms with Crippen molar-refractivity contribution in [3.63, 3.8) is 0 Å². The molecule has 0 unspecified atom stereocenters. The van der Waals surface area contributed by atoms with E-state index in [-0.39, 0.29) is 22.0 Å². The lowest BCUT2D eigenvalue weighted by atomic mass is 9.73. The van der Waals surface area contributed by atoms with Crippen molar-refractivity contribution in [1.82, 2.24) is 0 Å². The number of rotatable bonds is 6. The zero-order chi connectivity index (χ0) is 27.4. The van der Waals surface area contributed by atoms with Gasteiger partial charge < -0.3 is 10.0 Å². The molecule has 2 aromatic carbocycles. The molecular formula is C33H36N2O3. The van der Waals surface area contributed by atoms with Crippen LogP contribution in [0.1, 0.15) is 64.5 Å². The summed E-state index contributed by atoms with van der Waals surface area (Å²) in [6.45, 7) is 8.52. The largest absolute Gasteiger partial charge is 0.871 e. The maximum Gasteiger partial charge on any atom is 0.233 e. The Kier molecular flexibility index (Phi) is 6.29. The van der Waals surface area contributed by atoms with Crippen LogP contribution in [0.5, 0.6) is 0 Å². The minimum Gasteiger partial charge on any atom is -0.871 e. The van der Waals surface area contributed by atoms with Gasteiger partial charge in [0.25, 0.3) is 0 Å². The minimum atomic E-state index is -0.712. The predicted molar refractivity (Wildman–Crippen MR) is 150 cm³/mol. The topological polar surface area (TPSA) is 63.4 Å². The number of anilines is 1. The highest BCUT2D eigenvalue weighted by molar-refractivity contribution is 6.54. The van der Waals surface area contributed by atoms with Crippen LogP contribution in [0.4, 0.5) is 11.4 Å². The van der Waals surface area contributed by atoms with Gasteiger partial charge in [0.05, 0.1) is 5.41 Å². The van der Waals surface area contributed by atoms with Gasteiger partial charge in [-0.2, -0.15) is 4.58 Å². The lowest BCUT2D eigenvalue weighted by Crippen LogP contribution is -2.33. The third-order valence-electron chi connectivity index (χ3n) is 9.43. The van der Waals surface area contributed by atoms with E-state index in [1.807, 2.05) is 38.4 Å². The number of benzene rings is 2. The van der Waals surface area contributed by atoms with E-state index in [0.29, 0.717) is 0 Å². The van der Waals surface area contributed by atoms with Crippen molar-refractivity contribution >= 4 is 28.7 Å². The molecule has 38 heavy (non-hydrogen) atoms. The van der Waals surface area contributed by atoms with E-state index in [4.69, 9.17) is 0 Å². The van der Waals surface area contributed by atoms with E-state index in [0.717, 1.165) is 48.5 Å². The number of ketones is 2. The molecule has 2 aromatic rings. The molecule has 2 aliphatic heterocycles. The highest BCUT2D eigenvalue weighted by Gasteiger charge is 2.49. The summed E-state index contributed by atoms with van der Waals surface area (Å²) in [6, 6.07) is 16.4. The first-order valence-corrected chi connectivity index (χ1v) is 13.7. The Morgan fingerprint density at radius 3 is 2.03 bits per heavy atom. The number of allylic oxidation sites excluding steroid dienone is 5. The summed E-state index contributed by atoms with van der Waals surface area (Å²) < 4.78 is 2.07. The molecule has 5 rings (SSSR count). The van der Waals surface area contributed by atoms with Crippen molar-refractivity contribution in [3.8, 4) is 0 Å². The van der Waals surface area contributed by atoms with Crippen molar-refractivity contribution < 1.29 is 19.3 Å². The van der Waals surface area contributed by atoms with E-state index in [1.165, 1.54) is 11.1 Å². The maximum atomic E-state index is 13.8. The summed E-state index contributed by atoms with van der Waals surface area (Å²) in [7, 11) is 3.94. The normalized spacial score (nSPS) is 21.8. The quantitative estimate of drug-likeness (QED) is 0.304. The third kappa shape index (κ3) is 3.27. The standard InChI is InChI=1S/C33H36N2O3/c1-7-32(8-2)23-15-11-13-17-25(23)34(5)27(32)19-21-29(36)22(31(38)30(21)37)20-28-33(9-3,10-4)24-16-12-14-18-26(24)35(28)6/h11-20H,7-10H2,1-6H3. The number of likely N-dealkylation sites (N-methyl/N-ethyl adjacent to an activating group) is 1. The Balaban J connectivity index is 1.67. The Hall–Kier alpha value is -3.73. The molecule has 0 N–H and O–H groups in total. The number of para-hydroxylation sites is 2. The number of carbonyl (C=O) groups excluding carboxylic acids is 2. The van der Waals surface area contributed by atoms with Crippen LogP contribution in [-0.2, 0) is 20.4 Å². The van der Waals surface area contributed by atoms with Crippen LogP contribution in [0.15, 0.2) is 83.3 Å². The first kappa shape index (κ1) is 25.9. The summed E-state index contributed by atoms with van der Waals surface area (Å²) in [5.41, 5.74) is 5.60. The summed E-state index contributed by atoms with van der Waals surface area (Å²) in [5.74, 6) is -1.90. The second kappa shape index (κ2) is 9.23. The lowest BCUT2D eigenvalue weighted by molar-refractivity contribution is -0.401. The number of Topliss-reactive ketones (excluding diaryl/α,β-unsaturated/α-hetero) is 2. The molecule has 0 saturated carbocycles. The molecule has 0 atom stereocenters. The van der Waals surface area contributed by atoms with E-state index in [1.54, 1.807) is 12.2 Å². The van der Waals surface area contributed by atoms with Gasteiger partial charge in [0, 0.05) is 52.7 Å². The van der Waals surface area contributed by atoms with Crippen LogP contribution < -0.4 is 10.0 Å². The van der Waals surface area contributed by atoms with Gasteiger partial charge in [-0.25, -0.2) is 0 Å². The first-order valence-electron chi connectivity index (χ1n) is 13.7. The van der Waals surface area contributed by atoms with Crippen molar-refractivity contribution in [3.05, 3.63) is 94.4 Å². The molecule has 0 amide bonds. The SMILES string of the molecule is CCC1(CC)C(/C=C2\C(=O)C(=O)C(/C=C3\N(C)c4ccccc4C3(CC)CC)=C2[O-])=[N+](C)c2ccccc21. The summed E-state index contributed by atoms with van der Waals surface area (Å²) in [5, 5.41) is 13.8. The van der Waals surface area contributed by atoms with E-state index in [2.05, 4.69) is 61.4 Å². The average molecular weight is 509 g/mol. The van der Waals surface area contributed by atoms with Crippen molar-refractivity contribution in [1.29, 1.82) is 0 Å². The molecule has 196 valence electrons. The van der Waals surface area contributed by atoms with Gasteiger partial charge in [0.1, 0.15) is 7.05 Å². The average Bonchev–Trinajstić information content (AvgIpc) is 3.42. The fourth-order valence-electron chi connectivity index (χ4n) is 7.11. The molecule has 0 bridgehead atoms. The second-order valence-electron chi connectivity index (χ2n) is 10.6. The van der Waals surface area contributed by atoms with Gasteiger partial charge in [-0.1, -0.05) is 69.9 Å². The molecule has 0 saturated heterocycles. The van der Waals surface area contributed by atoms with E-state index >= 15 is 0 Å². The lowest BCUT2D eigenvalue weighted by Gasteiger charge is -2.31. The van der Waals surface area contributed by atoms with Crippen LogP contribution in [0.2, 0.25) is 0 Å². The number of hydrogen-bond acceptors (Lipinski definition) is 4. The van der Waals surface area contributed by atoms with Crippen molar-refractivity contribution in [2.24, 2.45) is 0 Å². The van der Waals surface area contributed by atoms with Crippen LogP contribution in [0.3, 0.4) is 0 Å². The van der Waals surface area contributed by atoms with E-state index < -0.39 is 17.3 Å². The summed E-state index contributed by atoms with van der Waals surface area (Å²) in [6.07, 6.45) is 6.67. The van der Waals surface area contributed by atoms with Crippen molar-refractivity contribution in [2.75, 3.05) is 19.0 Å². The zero-order valence-corrected chi connectivity index (χ0v) is 23.2. The van der Waals surface area contributed by atoms with Gasteiger partial charge >= 0.3 is 0 Å². The van der Waals surface area contributed by atoms with Gasteiger partial charge in [-0.3, -0.25) is 9.59 Å². The van der Waals surface area contributed by atoms with Gasteiger partial charge in [0.15, 0.2) is 5.71 Å². The summed E-state index contributed by atoms with van der Waals surface area (Å²) in [4.78, 5) is 28.7. The maximum absolute atomic E-state index is 13.8. The van der Waals surface area contributed by atoms with Gasteiger partial charge in [-0.15, -0.1) is 0 Å². The molecule has 0 spiro atoms. The smallest absolute Gasteiger partial charge is 0.233 e. The van der Waals surface area contributed by atoms with Crippen LogP contribution in [-0.4, -0.2) is 35.9 Å². The fourth-order valence-corrected chi connectivity index (χ4v) is 7.11. The highest BCUT2D eigenvalue weighted by atomic mass is 16.3. The zero-order valence-electron chi connectivity index (χ0n) is 23.2. The molecule has 0 radical (unpaired) electrons. The Morgan fingerprint density at radius 2 is 1.39 bits per heavy atom. The van der Waals surface area contributed by atoms with E-state index in [9.17, 15) is 14.7 Å². The number of hydrogen-bond donors (Lipinski definition) is 0. The number of nitrogens with zero attached hydrogens (tertiary/aromatic N) is 2. The molecule has 0 aromatic heterocycles. The molecule has 5 nitrogen and oxygen atoms in total. The van der Waals surface area contributed by atoms with Crippen LogP contribution >= 0.6 is 0 Å². The molecule has 0 fully saturated rings. The minimum absolute atomic E-state index is 0.0282. The predicted octanol–water partition coefficient (Wildman–Crippen LogP) is 5.26. The van der Waals surface area contributed by atoms with Gasteiger partial charge in [-0.05, 0) is 43.4 Å². The monoisotopic (exact) mass is 508 g/mol. The van der Waals surface area contributed by atoms with Crippen LogP contribution in [0, 0.1) is 0 Å². The summed E-state index contributed by atoms with van der Waals surface area (Å²) >= 11 is 0. The Morgan fingerprint density at radius 1 is 0.816 bits per heavy atom. The van der Waals surface area contributed by atoms with Gasteiger partial charge in [0.2, 0.25) is 17.3 Å². The Bertz CT molecular complexity index is 1480. The first-order chi connectivity index (χ1) is 18.2. The Labute approximate surface area is 225 Å². The second-order valence-corrected chi connectivity index (χ2v) is 10.6. The molecular weight excluding hydrogens is 472 g/mol. The molecule has 2 heterocycles. The van der Waals surface area contributed by atoms with Crippen molar-refractivity contribution in [2.45, 2.75) is 64.2 Å². The van der Waals surface area contributed by atoms with Crippen LogP contribution in [0.25, 0.3) is 0 Å². The molecule has 1 aliphatic carbocycles.